The molecule has 3 unspecified atom stereocenters. The van der Waals surface area contributed by atoms with Gasteiger partial charge >= 0.3 is 6.18 Å². The molecule has 1 amide bonds. The number of nitrogens with one attached hydrogen (secondary N) is 1. The summed E-state index contributed by atoms with van der Waals surface area (Å²) in [6.45, 7) is 4.86. The molecule has 154 valence electrons. The van der Waals surface area contributed by atoms with Crippen LogP contribution in [-0.4, -0.2) is 47.0 Å². The second-order valence-corrected chi connectivity index (χ2v) is 8.42. The van der Waals surface area contributed by atoms with Crippen LogP contribution >= 0.6 is 11.8 Å². The van der Waals surface area contributed by atoms with Crippen LogP contribution in [0.1, 0.15) is 41.5 Å². The van der Waals surface area contributed by atoms with E-state index in [1.165, 1.54) is 7.05 Å². The van der Waals surface area contributed by atoms with Gasteiger partial charge < -0.3 is 10.6 Å². The number of fused-ring (bicyclic) bond motifs is 1. The molecule has 1 aromatic carbocycles. The Labute approximate surface area is 165 Å². The van der Waals surface area contributed by atoms with Gasteiger partial charge in [0.25, 0.3) is 5.91 Å². The number of amides is 1. The molecule has 10 heteroatoms. The maximum Gasteiger partial charge on any atom is 0.430 e. The summed E-state index contributed by atoms with van der Waals surface area (Å²) in [5, 5.41) is 2.02. The summed E-state index contributed by atoms with van der Waals surface area (Å²) < 4.78 is 39.0. The maximum atomic E-state index is 13.0. The standard InChI is InChI=1S/C18H23F3N4O2S/c1-10(22)9-28-11(2)7-25-8-13-5-4-12(6-14(13)16(25)26)15-23-27-17(24(15)3)18(19,20)21/h4-6,9,11,15,17,23H,7-8,22H2,1-3H3/b10-9-. The van der Waals surface area contributed by atoms with Crippen LogP contribution in [0.15, 0.2) is 29.3 Å². The van der Waals surface area contributed by atoms with Gasteiger partial charge in [-0.05, 0) is 36.6 Å². The summed E-state index contributed by atoms with van der Waals surface area (Å²) in [4.78, 5) is 20.3. The Hall–Kier alpha value is -1.75. The minimum Gasteiger partial charge on any atom is -0.402 e. The molecule has 0 radical (unpaired) electrons. The maximum absolute atomic E-state index is 13.0. The lowest BCUT2D eigenvalue weighted by Crippen LogP contribution is -2.40. The SMILES string of the molecule is C/C(N)=C/SC(C)CN1Cc2ccc(C3NOC(C(F)(F)F)N3C)cc2C1=O. The number of rotatable bonds is 5. The van der Waals surface area contributed by atoms with E-state index in [1.54, 1.807) is 41.8 Å². The van der Waals surface area contributed by atoms with E-state index in [-0.39, 0.29) is 11.2 Å². The molecule has 2 heterocycles. The number of hydroxylamine groups is 1. The average Bonchev–Trinajstić information content (AvgIpc) is 3.13. The van der Waals surface area contributed by atoms with Gasteiger partial charge in [-0.3, -0.25) is 14.5 Å². The highest BCUT2D eigenvalue weighted by Gasteiger charge is 2.50. The van der Waals surface area contributed by atoms with Gasteiger partial charge in [-0.25, -0.2) is 0 Å². The van der Waals surface area contributed by atoms with E-state index in [2.05, 4.69) is 5.48 Å². The van der Waals surface area contributed by atoms with Crippen LogP contribution in [-0.2, 0) is 11.4 Å². The van der Waals surface area contributed by atoms with Crippen molar-refractivity contribution in [3.63, 3.8) is 0 Å². The summed E-state index contributed by atoms with van der Waals surface area (Å²) in [7, 11) is 1.33. The van der Waals surface area contributed by atoms with Gasteiger partial charge in [-0.1, -0.05) is 19.1 Å². The summed E-state index contributed by atoms with van der Waals surface area (Å²) >= 11 is 1.56. The van der Waals surface area contributed by atoms with Crippen LogP contribution in [0.25, 0.3) is 0 Å². The number of carbonyl (C=O) groups is 1. The zero-order chi connectivity index (χ0) is 20.6. The van der Waals surface area contributed by atoms with E-state index in [1.807, 2.05) is 12.3 Å². The molecule has 28 heavy (non-hydrogen) atoms. The smallest absolute Gasteiger partial charge is 0.402 e. The van der Waals surface area contributed by atoms with Crippen LogP contribution in [0.4, 0.5) is 13.2 Å². The second-order valence-electron chi connectivity index (χ2n) is 7.11. The Morgan fingerprint density at radius 3 is 2.82 bits per heavy atom. The second kappa shape index (κ2) is 7.94. The molecule has 0 saturated carbocycles. The Bertz CT molecular complexity index is 783. The highest BCUT2D eigenvalue weighted by atomic mass is 32.2. The van der Waals surface area contributed by atoms with Crippen molar-refractivity contribution in [1.82, 2.24) is 15.3 Å². The highest BCUT2D eigenvalue weighted by Crippen LogP contribution is 2.35. The molecule has 1 fully saturated rings. The summed E-state index contributed by atoms with van der Waals surface area (Å²) in [6, 6.07) is 5.17. The monoisotopic (exact) mass is 416 g/mol. The van der Waals surface area contributed by atoms with Crippen molar-refractivity contribution in [3.8, 4) is 0 Å². The van der Waals surface area contributed by atoms with Crippen molar-refractivity contribution in [1.29, 1.82) is 0 Å². The van der Waals surface area contributed by atoms with Crippen molar-refractivity contribution < 1.29 is 22.8 Å². The molecular formula is C18H23F3N4O2S. The number of nitrogens with zero attached hydrogens (tertiary/aromatic N) is 2. The number of carbonyl (C=O) groups excluding carboxylic acids is 1. The van der Waals surface area contributed by atoms with Gasteiger partial charge in [0, 0.05) is 29.6 Å². The molecule has 0 spiro atoms. The molecule has 6 nitrogen and oxygen atoms in total. The molecule has 2 aliphatic rings. The molecule has 1 saturated heterocycles. The fourth-order valence-corrected chi connectivity index (χ4v) is 4.02. The van der Waals surface area contributed by atoms with Gasteiger partial charge in [0.05, 0.1) is 0 Å². The number of benzene rings is 1. The van der Waals surface area contributed by atoms with E-state index in [4.69, 9.17) is 10.6 Å². The van der Waals surface area contributed by atoms with Crippen molar-refractivity contribution >= 4 is 17.7 Å². The molecular weight excluding hydrogens is 393 g/mol. The summed E-state index contributed by atoms with van der Waals surface area (Å²) in [5.41, 5.74) is 10.7. The van der Waals surface area contributed by atoms with Crippen LogP contribution < -0.4 is 11.2 Å². The number of hydrogen-bond acceptors (Lipinski definition) is 6. The van der Waals surface area contributed by atoms with Gasteiger partial charge in [-0.2, -0.15) is 18.7 Å². The minimum atomic E-state index is -4.51. The molecule has 0 bridgehead atoms. The van der Waals surface area contributed by atoms with E-state index in [0.29, 0.717) is 29.9 Å². The molecule has 3 atom stereocenters. The fourth-order valence-electron chi connectivity index (χ4n) is 3.30. The van der Waals surface area contributed by atoms with Gasteiger partial charge in [0.15, 0.2) is 0 Å². The number of allylic oxidation sites excluding steroid dienone is 1. The van der Waals surface area contributed by atoms with Crippen molar-refractivity contribution in [2.24, 2.45) is 5.73 Å². The largest absolute Gasteiger partial charge is 0.430 e. The number of thioether (sulfide) groups is 1. The van der Waals surface area contributed by atoms with Gasteiger partial charge in [0.1, 0.15) is 6.17 Å². The first-order valence-corrected chi connectivity index (χ1v) is 9.72. The molecule has 1 aromatic rings. The summed E-state index contributed by atoms with van der Waals surface area (Å²) in [6.07, 6.45) is -7.33. The number of nitrogens with two attached hydrogens (primary N) is 1. The molecule has 3 rings (SSSR count). The third-order valence-electron chi connectivity index (χ3n) is 4.64. The molecule has 3 N–H and O–H groups in total. The summed E-state index contributed by atoms with van der Waals surface area (Å²) in [5.74, 6) is -0.119. The van der Waals surface area contributed by atoms with E-state index in [9.17, 15) is 18.0 Å². The van der Waals surface area contributed by atoms with Crippen LogP contribution in [0.3, 0.4) is 0 Å². The Morgan fingerprint density at radius 2 is 2.21 bits per heavy atom. The molecule has 0 aromatic heterocycles. The number of hydrogen-bond donors (Lipinski definition) is 2. The third kappa shape index (κ3) is 4.29. The normalized spacial score (nSPS) is 24.7. The first-order chi connectivity index (χ1) is 13.1. The molecule has 0 aliphatic carbocycles. The third-order valence-corrected chi connectivity index (χ3v) is 5.76. The van der Waals surface area contributed by atoms with Crippen LogP contribution in [0.5, 0.6) is 0 Å². The highest BCUT2D eigenvalue weighted by molar-refractivity contribution is 8.02. The van der Waals surface area contributed by atoms with E-state index < -0.39 is 18.6 Å². The minimum absolute atomic E-state index is 0.119. The first-order valence-electron chi connectivity index (χ1n) is 8.77. The predicted octanol–water partition coefficient (Wildman–Crippen LogP) is 2.94. The lowest BCUT2D eigenvalue weighted by Gasteiger charge is -2.23. The zero-order valence-electron chi connectivity index (χ0n) is 15.8. The van der Waals surface area contributed by atoms with Crippen molar-refractivity contribution in [3.05, 3.63) is 46.0 Å². The van der Waals surface area contributed by atoms with Crippen molar-refractivity contribution in [2.75, 3.05) is 13.6 Å². The Kier molecular flexibility index (Phi) is 5.95. The first kappa shape index (κ1) is 21.0. The van der Waals surface area contributed by atoms with Crippen LogP contribution in [0.2, 0.25) is 0 Å². The Morgan fingerprint density at radius 1 is 1.50 bits per heavy atom. The van der Waals surface area contributed by atoms with E-state index in [0.717, 1.165) is 10.5 Å². The lowest BCUT2D eigenvalue weighted by molar-refractivity contribution is -0.246. The average molecular weight is 416 g/mol. The zero-order valence-corrected chi connectivity index (χ0v) is 16.6. The van der Waals surface area contributed by atoms with Crippen molar-refractivity contribution in [2.45, 2.75) is 44.2 Å². The molecule has 2 aliphatic heterocycles. The fraction of sp³-hybridized carbons (Fsp3) is 0.500. The van der Waals surface area contributed by atoms with Crippen LogP contribution in [0, 0.1) is 0 Å². The predicted molar refractivity (Wildman–Crippen MR) is 101 cm³/mol. The number of halogens is 3. The van der Waals surface area contributed by atoms with E-state index >= 15 is 0 Å². The van der Waals surface area contributed by atoms with Gasteiger partial charge in [0.2, 0.25) is 6.23 Å². The Balaban J connectivity index is 1.72. The van der Waals surface area contributed by atoms with Gasteiger partial charge in [-0.15, -0.1) is 11.8 Å². The lowest BCUT2D eigenvalue weighted by atomic mass is 10.0. The number of alkyl halides is 3. The quantitative estimate of drug-likeness (QED) is 0.769. The topological polar surface area (TPSA) is 70.8 Å².